The third-order valence-corrected chi connectivity index (χ3v) is 3.80. The lowest BCUT2D eigenvalue weighted by Crippen LogP contribution is -2.36. The van der Waals surface area contributed by atoms with Gasteiger partial charge in [0, 0.05) is 12.1 Å². The number of alkyl halides is 3. The monoisotopic (exact) mass is 452 g/mol. The van der Waals surface area contributed by atoms with Crippen LogP contribution in [0.5, 0.6) is 11.5 Å². The van der Waals surface area contributed by atoms with Crippen molar-refractivity contribution in [1.82, 2.24) is 10.6 Å². The van der Waals surface area contributed by atoms with E-state index in [0.29, 0.717) is 11.3 Å². The van der Waals surface area contributed by atoms with Gasteiger partial charge in [-0.05, 0) is 61.9 Å². The lowest BCUT2D eigenvalue weighted by Gasteiger charge is -2.12. The number of carbonyl (C=O) groups is 2. The number of halogens is 3. The predicted molar refractivity (Wildman–Crippen MR) is 111 cm³/mol. The second kappa shape index (κ2) is 11.2. The van der Waals surface area contributed by atoms with E-state index in [1.807, 2.05) is 13.8 Å². The van der Waals surface area contributed by atoms with Crippen LogP contribution in [0.3, 0.4) is 0 Å². The molecule has 0 aromatic heterocycles. The highest BCUT2D eigenvalue weighted by Gasteiger charge is 2.30. The van der Waals surface area contributed by atoms with E-state index >= 15 is 0 Å². The molecule has 0 aliphatic rings. The highest BCUT2D eigenvalue weighted by Crippen LogP contribution is 2.23. The van der Waals surface area contributed by atoms with Gasteiger partial charge in [-0.2, -0.15) is 0 Å². The van der Waals surface area contributed by atoms with E-state index in [0.717, 1.165) is 12.1 Å². The van der Waals surface area contributed by atoms with Gasteiger partial charge in [0.25, 0.3) is 11.8 Å². The molecule has 2 rings (SSSR count). The first-order chi connectivity index (χ1) is 15.1. The van der Waals surface area contributed by atoms with Crippen LogP contribution >= 0.6 is 0 Å². The number of ether oxygens (including phenoxy) is 2. The van der Waals surface area contributed by atoms with Crippen LogP contribution in [0.15, 0.2) is 54.2 Å². The molecule has 0 atom stereocenters. The number of hydrogen-bond acceptors (Lipinski definition) is 5. The summed E-state index contributed by atoms with van der Waals surface area (Å²) < 4.78 is 46.2. The van der Waals surface area contributed by atoms with Crippen molar-refractivity contribution in [3.63, 3.8) is 0 Å². The van der Waals surface area contributed by atoms with Crippen molar-refractivity contribution in [3.05, 3.63) is 65.4 Å². The predicted octanol–water partition coefficient (Wildman–Crippen LogP) is 3.25. The summed E-state index contributed by atoms with van der Waals surface area (Å²) in [4.78, 5) is 25.0. The molecule has 0 bridgehead atoms. The van der Waals surface area contributed by atoms with Crippen LogP contribution < -0.4 is 20.1 Å². The molecule has 3 N–H and O–H groups in total. The van der Waals surface area contributed by atoms with Crippen molar-refractivity contribution >= 4 is 17.9 Å². The number of aliphatic hydroxyl groups excluding tert-OH is 1. The maximum atomic E-state index is 12.6. The van der Waals surface area contributed by atoms with Crippen molar-refractivity contribution < 1.29 is 37.3 Å². The Labute approximate surface area is 182 Å². The van der Waals surface area contributed by atoms with Crippen molar-refractivity contribution in [2.24, 2.45) is 0 Å². The lowest BCUT2D eigenvalue weighted by atomic mass is 10.1. The Morgan fingerprint density at radius 2 is 1.62 bits per heavy atom. The van der Waals surface area contributed by atoms with E-state index in [1.54, 1.807) is 12.1 Å². The molecule has 0 fully saturated rings. The largest absolute Gasteiger partial charge is 0.573 e. The van der Waals surface area contributed by atoms with Crippen LogP contribution in [0.2, 0.25) is 0 Å². The molecule has 0 radical (unpaired) electrons. The lowest BCUT2D eigenvalue weighted by molar-refractivity contribution is -0.274. The minimum atomic E-state index is -4.82. The van der Waals surface area contributed by atoms with Crippen molar-refractivity contribution in [2.45, 2.75) is 26.3 Å². The fourth-order valence-corrected chi connectivity index (χ4v) is 2.51. The summed E-state index contributed by atoms with van der Waals surface area (Å²) in [6.07, 6.45) is -3.57. The second-order valence-corrected chi connectivity index (χ2v) is 6.80. The summed E-state index contributed by atoms with van der Waals surface area (Å²) in [5.41, 5.74) is 0.445. The molecule has 2 aromatic carbocycles. The summed E-state index contributed by atoms with van der Waals surface area (Å²) in [7, 11) is 0. The van der Waals surface area contributed by atoms with Crippen molar-refractivity contribution in [2.75, 3.05) is 13.2 Å². The Kier molecular flexibility index (Phi) is 8.65. The molecule has 2 aromatic rings. The first kappa shape index (κ1) is 24.7. The normalized spacial score (nSPS) is 11.8. The number of rotatable bonds is 9. The number of carbonyl (C=O) groups excluding carboxylic acids is 2. The fourth-order valence-electron chi connectivity index (χ4n) is 2.51. The summed E-state index contributed by atoms with van der Waals surface area (Å²) in [6.45, 7) is 3.37. The molecule has 0 aliphatic heterocycles. The Balaban J connectivity index is 2.21. The molecule has 0 aliphatic carbocycles. The summed E-state index contributed by atoms with van der Waals surface area (Å²) in [5.74, 6) is -1.10. The maximum absolute atomic E-state index is 12.6. The molecule has 0 spiro atoms. The summed E-state index contributed by atoms with van der Waals surface area (Å²) >= 11 is 0. The van der Waals surface area contributed by atoms with Crippen LogP contribution in [-0.2, 0) is 4.79 Å². The molecule has 0 unspecified atom stereocenters. The van der Waals surface area contributed by atoms with Crippen LogP contribution in [-0.4, -0.2) is 42.5 Å². The van der Waals surface area contributed by atoms with Gasteiger partial charge in [0.05, 0.1) is 12.7 Å². The van der Waals surface area contributed by atoms with Crippen molar-refractivity contribution in [3.8, 4) is 11.5 Å². The van der Waals surface area contributed by atoms with Gasteiger partial charge in [0.15, 0.2) is 0 Å². The molecule has 7 nitrogen and oxygen atoms in total. The van der Waals surface area contributed by atoms with Gasteiger partial charge in [-0.15, -0.1) is 13.2 Å². The number of benzene rings is 2. The van der Waals surface area contributed by atoms with Gasteiger partial charge >= 0.3 is 6.36 Å². The Morgan fingerprint density at radius 3 is 2.16 bits per heavy atom. The molecule has 0 heterocycles. The van der Waals surface area contributed by atoms with E-state index in [2.05, 4.69) is 15.4 Å². The van der Waals surface area contributed by atoms with Gasteiger partial charge in [0.2, 0.25) is 0 Å². The molecule has 0 saturated carbocycles. The summed E-state index contributed by atoms with van der Waals surface area (Å²) in [5, 5.41) is 13.8. The Hall–Kier alpha value is -3.53. The standard InChI is InChI=1S/C22H23F3N2O5/c1-14(2)31-17-9-5-16(6-10-17)20(29)27-19(21(30)26-11-12-28)13-15-3-7-18(8-4-15)32-22(23,24)25/h3-10,13-14,28H,11-12H2,1-2H3,(H,26,30)(H,27,29). The Morgan fingerprint density at radius 1 is 1.03 bits per heavy atom. The minimum absolute atomic E-state index is 0.0349. The smallest absolute Gasteiger partial charge is 0.491 e. The highest BCUT2D eigenvalue weighted by molar-refractivity contribution is 6.05. The number of hydrogen-bond donors (Lipinski definition) is 3. The Bertz CT molecular complexity index is 940. The van der Waals surface area contributed by atoms with Gasteiger partial charge in [-0.3, -0.25) is 9.59 Å². The van der Waals surface area contributed by atoms with E-state index in [-0.39, 0.29) is 30.5 Å². The molecule has 2 amide bonds. The van der Waals surface area contributed by atoms with Crippen LogP contribution in [0.1, 0.15) is 29.8 Å². The van der Waals surface area contributed by atoms with E-state index < -0.39 is 23.9 Å². The van der Waals surface area contributed by atoms with Gasteiger partial charge in [-0.1, -0.05) is 12.1 Å². The number of amides is 2. The fraction of sp³-hybridized carbons (Fsp3) is 0.273. The van der Waals surface area contributed by atoms with Crippen LogP contribution in [0.25, 0.3) is 6.08 Å². The van der Waals surface area contributed by atoms with E-state index in [4.69, 9.17) is 9.84 Å². The molecule has 10 heteroatoms. The van der Waals surface area contributed by atoms with Crippen LogP contribution in [0, 0.1) is 0 Å². The molecular formula is C22H23F3N2O5. The third kappa shape index (κ3) is 8.31. The van der Waals surface area contributed by atoms with Crippen molar-refractivity contribution in [1.29, 1.82) is 0 Å². The first-order valence-corrected chi connectivity index (χ1v) is 9.62. The second-order valence-electron chi connectivity index (χ2n) is 6.80. The molecule has 172 valence electrons. The topological polar surface area (TPSA) is 96.9 Å². The van der Waals surface area contributed by atoms with E-state index in [1.165, 1.54) is 30.3 Å². The molecule has 0 saturated heterocycles. The zero-order valence-corrected chi connectivity index (χ0v) is 17.4. The highest BCUT2D eigenvalue weighted by atomic mass is 19.4. The molecular weight excluding hydrogens is 429 g/mol. The van der Waals surface area contributed by atoms with Gasteiger partial charge < -0.3 is 25.2 Å². The van der Waals surface area contributed by atoms with Gasteiger partial charge in [-0.25, -0.2) is 0 Å². The van der Waals surface area contributed by atoms with E-state index in [9.17, 15) is 22.8 Å². The van der Waals surface area contributed by atoms with Gasteiger partial charge in [0.1, 0.15) is 17.2 Å². The number of nitrogens with one attached hydrogen (secondary N) is 2. The SMILES string of the molecule is CC(C)Oc1ccc(C(=O)NC(=Cc2ccc(OC(F)(F)F)cc2)C(=O)NCCO)cc1. The summed E-state index contributed by atoms with van der Waals surface area (Å²) in [6, 6.07) is 11.0. The number of aliphatic hydroxyl groups is 1. The zero-order chi connectivity index (χ0) is 23.7. The quantitative estimate of drug-likeness (QED) is 0.508. The average Bonchev–Trinajstić information content (AvgIpc) is 2.71. The average molecular weight is 452 g/mol. The zero-order valence-electron chi connectivity index (χ0n) is 17.4. The first-order valence-electron chi connectivity index (χ1n) is 9.62. The maximum Gasteiger partial charge on any atom is 0.573 e. The third-order valence-electron chi connectivity index (χ3n) is 3.80. The minimum Gasteiger partial charge on any atom is -0.491 e. The molecule has 32 heavy (non-hydrogen) atoms. The van der Waals surface area contributed by atoms with Crippen LogP contribution in [0.4, 0.5) is 13.2 Å².